The molecule has 1 aromatic carbocycles. The first-order chi connectivity index (χ1) is 7.13. The van der Waals surface area contributed by atoms with Crippen LogP contribution in [0.4, 0.5) is 0 Å². The molecule has 1 heterocycles. The maximum Gasteiger partial charge on any atom is 0.0736 e. The standard InChI is InChI=1S/C12H14BrNO/c1-7-4-9(13)5-10-11(6-15-3)8(2)14-12(7)10/h4-5,14H,6H2,1-3H3. The van der Waals surface area contributed by atoms with Crippen molar-refractivity contribution in [2.75, 3.05) is 7.11 Å². The summed E-state index contributed by atoms with van der Waals surface area (Å²) < 4.78 is 6.33. The number of ether oxygens (including phenoxy) is 1. The second-order valence-corrected chi connectivity index (χ2v) is 4.72. The molecule has 0 spiro atoms. The molecule has 0 radical (unpaired) electrons. The van der Waals surface area contributed by atoms with E-state index in [1.807, 2.05) is 0 Å². The van der Waals surface area contributed by atoms with Crippen LogP contribution in [0.2, 0.25) is 0 Å². The van der Waals surface area contributed by atoms with Gasteiger partial charge >= 0.3 is 0 Å². The van der Waals surface area contributed by atoms with Gasteiger partial charge in [0.1, 0.15) is 0 Å². The fraction of sp³-hybridized carbons (Fsp3) is 0.333. The van der Waals surface area contributed by atoms with Crippen LogP contribution in [0.1, 0.15) is 16.8 Å². The normalized spacial score (nSPS) is 11.2. The zero-order valence-corrected chi connectivity index (χ0v) is 10.7. The van der Waals surface area contributed by atoms with Crippen molar-refractivity contribution in [2.45, 2.75) is 20.5 Å². The fourth-order valence-corrected chi connectivity index (χ4v) is 2.51. The Balaban J connectivity index is 2.74. The molecule has 0 aliphatic heterocycles. The number of hydrogen-bond acceptors (Lipinski definition) is 1. The Bertz CT molecular complexity index is 502. The van der Waals surface area contributed by atoms with Crippen molar-refractivity contribution in [1.82, 2.24) is 4.98 Å². The molecular weight excluding hydrogens is 254 g/mol. The van der Waals surface area contributed by atoms with E-state index in [0.717, 1.165) is 4.47 Å². The molecule has 2 nitrogen and oxygen atoms in total. The van der Waals surface area contributed by atoms with Crippen LogP contribution in [0.25, 0.3) is 10.9 Å². The Morgan fingerprint density at radius 1 is 1.33 bits per heavy atom. The molecule has 0 amide bonds. The number of aromatic nitrogens is 1. The van der Waals surface area contributed by atoms with Crippen molar-refractivity contribution in [3.05, 3.63) is 33.4 Å². The first-order valence-corrected chi connectivity index (χ1v) is 5.69. The van der Waals surface area contributed by atoms with Crippen LogP contribution in [0.5, 0.6) is 0 Å². The summed E-state index contributed by atoms with van der Waals surface area (Å²) in [6.45, 7) is 4.85. The molecule has 1 N–H and O–H groups in total. The Hall–Kier alpha value is -0.800. The molecule has 0 fully saturated rings. The third-order valence-corrected chi connectivity index (χ3v) is 3.14. The zero-order valence-electron chi connectivity index (χ0n) is 9.15. The summed E-state index contributed by atoms with van der Waals surface area (Å²) in [5.41, 5.74) is 4.90. The molecule has 0 unspecified atom stereocenters. The van der Waals surface area contributed by atoms with Gasteiger partial charge in [-0.25, -0.2) is 0 Å². The molecule has 3 heteroatoms. The van der Waals surface area contributed by atoms with Crippen LogP contribution in [0.15, 0.2) is 16.6 Å². The van der Waals surface area contributed by atoms with Gasteiger partial charge in [-0.15, -0.1) is 0 Å². The summed E-state index contributed by atoms with van der Waals surface area (Å²) >= 11 is 3.52. The lowest BCUT2D eigenvalue weighted by atomic mass is 10.1. The number of hydrogen-bond donors (Lipinski definition) is 1. The fourth-order valence-electron chi connectivity index (χ4n) is 1.94. The van der Waals surface area contributed by atoms with Gasteiger partial charge in [0, 0.05) is 33.7 Å². The van der Waals surface area contributed by atoms with Crippen molar-refractivity contribution >= 4 is 26.8 Å². The van der Waals surface area contributed by atoms with Gasteiger partial charge in [-0.05, 0) is 31.5 Å². The van der Waals surface area contributed by atoms with Crippen molar-refractivity contribution in [3.63, 3.8) is 0 Å². The zero-order chi connectivity index (χ0) is 11.0. The predicted molar refractivity (Wildman–Crippen MR) is 66.2 cm³/mol. The first-order valence-electron chi connectivity index (χ1n) is 4.89. The molecule has 0 saturated carbocycles. The summed E-state index contributed by atoms with van der Waals surface area (Å²) in [7, 11) is 1.73. The summed E-state index contributed by atoms with van der Waals surface area (Å²) in [6, 6.07) is 4.26. The van der Waals surface area contributed by atoms with Crippen LogP contribution in [-0.2, 0) is 11.3 Å². The largest absolute Gasteiger partial charge is 0.380 e. The number of rotatable bonds is 2. The summed E-state index contributed by atoms with van der Waals surface area (Å²) in [4.78, 5) is 3.41. The molecule has 2 rings (SSSR count). The molecule has 80 valence electrons. The van der Waals surface area contributed by atoms with Gasteiger partial charge in [-0.1, -0.05) is 15.9 Å². The third-order valence-electron chi connectivity index (χ3n) is 2.68. The lowest BCUT2D eigenvalue weighted by Crippen LogP contribution is -1.88. The van der Waals surface area contributed by atoms with Crippen LogP contribution in [0.3, 0.4) is 0 Å². The Labute approximate surface area is 97.8 Å². The van der Waals surface area contributed by atoms with Crippen LogP contribution in [-0.4, -0.2) is 12.1 Å². The average Bonchev–Trinajstić information content (AvgIpc) is 2.46. The smallest absolute Gasteiger partial charge is 0.0736 e. The lowest BCUT2D eigenvalue weighted by molar-refractivity contribution is 0.185. The van der Waals surface area contributed by atoms with E-state index in [-0.39, 0.29) is 0 Å². The SMILES string of the molecule is COCc1c(C)[nH]c2c(C)cc(Br)cc12. The molecule has 0 bridgehead atoms. The van der Waals surface area contributed by atoms with Crippen LogP contribution < -0.4 is 0 Å². The molecule has 1 aromatic heterocycles. The van der Waals surface area contributed by atoms with Gasteiger partial charge in [0.25, 0.3) is 0 Å². The highest BCUT2D eigenvalue weighted by molar-refractivity contribution is 9.10. The number of halogens is 1. The molecule has 0 saturated heterocycles. The molecule has 2 aromatic rings. The van der Waals surface area contributed by atoms with Gasteiger partial charge in [-0.2, -0.15) is 0 Å². The average molecular weight is 268 g/mol. The predicted octanol–water partition coefficient (Wildman–Crippen LogP) is 3.69. The number of benzene rings is 1. The van der Waals surface area contributed by atoms with Crippen molar-refractivity contribution in [1.29, 1.82) is 0 Å². The van der Waals surface area contributed by atoms with Gasteiger partial charge in [-0.3, -0.25) is 0 Å². The number of fused-ring (bicyclic) bond motifs is 1. The van der Waals surface area contributed by atoms with Gasteiger partial charge < -0.3 is 9.72 Å². The van der Waals surface area contributed by atoms with E-state index < -0.39 is 0 Å². The van der Waals surface area contributed by atoms with E-state index in [9.17, 15) is 0 Å². The van der Waals surface area contributed by atoms with Crippen LogP contribution in [0, 0.1) is 13.8 Å². The van der Waals surface area contributed by atoms with E-state index in [0.29, 0.717) is 6.61 Å². The monoisotopic (exact) mass is 267 g/mol. The molecule has 0 atom stereocenters. The summed E-state index contributed by atoms with van der Waals surface area (Å²) in [5, 5.41) is 1.25. The minimum absolute atomic E-state index is 0.654. The van der Waals surface area contributed by atoms with E-state index in [1.165, 1.54) is 27.7 Å². The third kappa shape index (κ3) is 1.82. The highest BCUT2D eigenvalue weighted by atomic mass is 79.9. The van der Waals surface area contributed by atoms with Crippen molar-refractivity contribution in [2.24, 2.45) is 0 Å². The molecule has 15 heavy (non-hydrogen) atoms. The van der Waals surface area contributed by atoms with Crippen molar-refractivity contribution in [3.8, 4) is 0 Å². The number of aromatic amines is 1. The Kier molecular flexibility index (Phi) is 2.85. The Morgan fingerprint density at radius 2 is 2.07 bits per heavy atom. The number of aryl methyl sites for hydroxylation is 2. The van der Waals surface area contributed by atoms with Crippen molar-refractivity contribution < 1.29 is 4.74 Å². The topological polar surface area (TPSA) is 25.0 Å². The molecule has 0 aliphatic rings. The summed E-state index contributed by atoms with van der Waals surface area (Å²) in [5.74, 6) is 0. The van der Waals surface area contributed by atoms with E-state index >= 15 is 0 Å². The quantitative estimate of drug-likeness (QED) is 0.882. The first kappa shape index (κ1) is 10.7. The van der Waals surface area contributed by atoms with Gasteiger partial charge in [0.15, 0.2) is 0 Å². The maximum absolute atomic E-state index is 5.22. The van der Waals surface area contributed by atoms with E-state index in [4.69, 9.17) is 4.74 Å². The van der Waals surface area contributed by atoms with E-state index in [2.05, 4.69) is 46.9 Å². The minimum Gasteiger partial charge on any atom is -0.380 e. The van der Waals surface area contributed by atoms with Crippen LogP contribution >= 0.6 is 15.9 Å². The highest BCUT2D eigenvalue weighted by Gasteiger charge is 2.10. The number of H-pyrrole nitrogens is 1. The molecule has 0 aliphatic carbocycles. The highest BCUT2D eigenvalue weighted by Crippen LogP contribution is 2.28. The van der Waals surface area contributed by atoms with E-state index in [1.54, 1.807) is 7.11 Å². The lowest BCUT2D eigenvalue weighted by Gasteiger charge is -2.01. The number of nitrogens with one attached hydrogen (secondary N) is 1. The Morgan fingerprint density at radius 3 is 2.73 bits per heavy atom. The second kappa shape index (κ2) is 3.99. The van der Waals surface area contributed by atoms with Gasteiger partial charge in [0.05, 0.1) is 6.61 Å². The number of methoxy groups -OCH3 is 1. The summed E-state index contributed by atoms with van der Waals surface area (Å²) in [6.07, 6.45) is 0. The maximum atomic E-state index is 5.22. The van der Waals surface area contributed by atoms with Gasteiger partial charge in [0.2, 0.25) is 0 Å². The second-order valence-electron chi connectivity index (χ2n) is 3.81. The molecular formula is C12H14BrNO. The minimum atomic E-state index is 0.654.